The number of nitrogens with one attached hydrogen (secondary N) is 1. The number of hydrogen-bond donors (Lipinski definition) is 1. The Labute approximate surface area is 215 Å². The molecule has 5 rings (SSSR count). The quantitative estimate of drug-likeness (QED) is 0.229. The molecule has 0 bridgehead atoms. The molecular formula is C28H26N4OS2. The van der Waals surface area contributed by atoms with Gasteiger partial charge in [0, 0.05) is 21.8 Å². The van der Waals surface area contributed by atoms with Crippen molar-refractivity contribution in [2.75, 3.05) is 11.2 Å². The van der Waals surface area contributed by atoms with E-state index in [4.69, 9.17) is 21.7 Å². The molecule has 1 aromatic heterocycles. The molecule has 1 atom stereocenters. The van der Waals surface area contributed by atoms with Crippen LogP contribution in [0.5, 0.6) is 0 Å². The monoisotopic (exact) mass is 498 g/mol. The summed E-state index contributed by atoms with van der Waals surface area (Å²) < 4.78 is 5.87. The molecular weight excluding hydrogens is 472 g/mol. The van der Waals surface area contributed by atoms with Gasteiger partial charge < -0.3 is 9.84 Å². The van der Waals surface area contributed by atoms with Crippen LogP contribution >= 0.6 is 24.0 Å². The number of anilines is 1. The van der Waals surface area contributed by atoms with E-state index in [1.54, 1.807) is 11.8 Å². The van der Waals surface area contributed by atoms with Crippen LogP contribution in [0.3, 0.4) is 0 Å². The van der Waals surface area contributed by atoms with Gasteiger partial charge in [0.15, 0.2) is 5.11 Å². The van der Waals surface area contributed by atoms with Gasteiger partial charge in [0.05, 0.1) is 11.6 Å². The zero-order chi connectivity index (χ0) is 24.4. The van der Waals surface area contributed by atoms with Gasteiger partial charge in [-0.25, -0.2) is 0 Å². The summed E-state index contributed by atoms with van der Waals surface area (Å²) in [6.07, 6.45) is 3.06. The number of aromatic nitrogens is 2. The molecule has 1 unspecified atom stereocenters. The van der Waals surface area contributed by atoms with Gasteiger partial charge in [0.2, 0.25) is 5.82 Å². The van der Waals surface area contributed by atoms with E-state index in [-0.39, 0.29) is 6.04 Å². The van der Waals surface area contributed by atoms with E-state index in [2.05, 4.69) is 67.0 Å². The molecule has 1 aliphatic heterocycles. The molecule has 176 valence electrons. The van der Waals surface area contributed by atoms with Crippen molar-refractivity contribution in [2.45, 2.75) is 31.2 Å². The Morgan fingerprint density at radius 3 is 2.37 bits per heavy atom. The first-order valence-electron chi connectivity index (χ1n) is 11.5. The predicted octanol–water partition coefficient (Wildman–Crippen LogP) is 6.89. The summed E-state index contributed by atoms with van der Waals surface area (Å²) in [5.41, 5.74) is 6.12. The van der Waals surface area contributed by atoms with Crippen molar-refractivity contribution >= 4 is 40.4 Å². The van der Waals surface area contributed by atoms with Crippen molar-refractivity contribution in [3.05, 3.63) is 102 Å². The second-order valence-corrected chi connectivity index (χ2v) is 9.57. The topological polar surface area (TPSA) is 54.2 Å². The summed E-state index contributed by atoms with van der Waals surface area (Å²) in [6, 6.07) is 26.6. The molecule has 0 aliphatic carbocycles. The highest BCUT2D eigenvalue weighted by Crippen LogP contribution is 2.39. The summed E-state index contributed by atoms with van der Waals surface area (Å²) in [6.45, 7) is 4.19. The van der Waals surface area contributed by atoms with E-state index in [0.29, 0.717) is 16.8 Å². The fourth-order valence-corrected chi connectivity index (χ4v) is 5.06. The number of aryl methyl sites for hydroxylation is 1. The minimum atomic E-state index is -0.214. The van der Waals surface area contributed by atoms with Crippen LogP contribution in [0, 0.1) is 0 Å². The average Bonchev–Trinajstić information content (AvgIpc) is 3.39. The third-order valence-electron chi connectivity index (χ3n) is 6.23. The summed E-state index contributed by atoms with van der Waals surface area (Å²) in [5.74, 6) is 1.05. The minimum absolute atomic E-state index is 0.214. The molecule has 0 fully saturated rings. The fourth-order valence-electron chi connectivity index (χ4n) is 4.29. The number of thioether (sulfide) groups is 1. The van der Waals surface area contributed by atoms with Crippen LogP contribution < -0.4 is 10.2 Å². The van der Waals surface area contributed by atoms with Crippen LogP contribution in [-0.2, 0) is 6.42 Å². The van der Waals surface area contributed by atoms with Crippen molar-refractivity contribution in [1.82, 2.24) is 15.5 Å². The zero-order valence-electron chi connectivity index (χ0n) is 19.9. The molecule has 7 heteroatoms. The highest BCUT2D eigenvalue weighted by Gasteiger charge is 2.34. The van der Waals surface area contributed by atoms with E-state index in [9.17, 15) is 0 Å². The normalized spacial score (nSPS) is 15.9. The Balaban J connectivity index is 1.61. The lowest BCUT2D eigenvalue weighted by molar-refractivity contribution is 0.404. The van der Waals surface area contributed by atoms with Gasteiger partial charge in [-0.05, 0) is 67.2 Å². The molecule has 1 N–H and O–H groups in total. The predicted molar refractivity (Wildman–Crippen MR) is 147 cm³/mol. The Morgan fingerprint density at radius 1 is 1.00 bits per heavy atom. The highest BCUT2D eigenvalue weighted by atomic mass is 32.2. The number of thiocarbonyl (C=S) groups is 1. The number of hydrogen-bond acceptors (Lipinski definition) is 5. The van der Waals surface area contributed by atoms with Gasteiger partial charge in [-0.2, -0.15) is 4.98 Å². The van der Waals surface area contributed by atoms with Gasteiger partial charge in [-0.1, -0.05) is 66.7 Å². The third kappa shape index (κ3) is 4.61. The standard InChI is InChI=1S/C28H26N4OS2/c1-4-19-10-12-21(13-11-19)26-30-27(33-31-26)24-18(2)32(22-8-6-5-7-9-22)28(34)29-25(24)20-14-16-23(35-3)17-15-20/h5-17,25H,4H2,1-3H3,(H,29,34). The largest absolute Gasteiger partial charge is 0.351 e. The fraction of sp³-hybridized carbons (Fsp3) is 0.179. The second-order valence-electron chi connectivity index (χ2n) is 8.30. The zero-order valence-corrected chi connectivity index (χ0v) is 21.5. The Bertz CT molecular complexity index is 1360. The number of para-hydroxylation sites is 1. The minimum Gasteiger partial charge on any atom is -0.351 e. The van der Waals surface area contributed by atoms with E-state index in [1.165, 1.54) is 10.5 Å². The highest BCUT2D eigenvalue weighted by molar-refractivity contribution is 7.98. The summed E-state index contributed by atoms with van der Waals surface area (Å²) in [5, 5.41) is 8.48. The first-order chi connectivity index (χ1) is 17.1. The van der Waals surface area contributed by atoms with Crippen LogP contribution in [-0.4, -0.2) is 21.5 Å². The van der Waals surface area contributed by atoms with Crippen molar-refractivity contribution in [3.8, 4) is 11.4 Å². The summed E-state index contributed by atoms with van der Waals surface area (Å²) >= 11 is 7.55. The van der Waals surface area contributed by atoms with E-state index >= 15 is 0 Å². The smallest absolute Gasteiger partial charge is 0.258 e. The average molecular weight is 499 g/mol. The molecule has 1 aliphatic rings. The van der Waals surface area contributed by atoms with E-state index < -0.39 is 0 Å². The first kappa shape index (κ1) is 23.3. The van der Waals surface area contributed by atoms with Crippen LogP contribution in [0.15, 0.2) is 94.0 Å². The second kappa shape index (κ2) is 10.1. The van der Waals surface area contributed by atoms with Gasteiger partial charge in [-0.15, -0.1) is 11.8 Å². The van der Waals surface area contributed by atoms with E-state index in [0.717, 1.165) is 34.5 Å². The molecule has 35 heavy (non-hydrogen) atoms. The van der Waals surface area contributed by atoms with Crippen molar-refractivity contribution in [1.29, 1.82) is 0 Å². The van der Waals surface area contributed by atoms with Crippen LogP contribution in [0.25, 0.3) is 17.0 Å². The first-order valence-corrected chi connectivity index (χ1v) is 13.2. The third-order valence-corrected chi connectivity index (χ3v) is 7.27. The van der Waals surface area contributed by atoms with Crippen LogP contribution in [0.2, 0.25) is 0 Å². The number of allylic oxidation sites excluding steroid dienone is 1. The van der Waals surface area contributed by atoms with Crippen LogP contribution in [0.1, 0.15) is 36.9 Å². The molecule has 0 amide bonds. The molecule has 0 saturated heterocycles. The Hall–Kier alpha value is -3.42. The Kier molecular flexibility index (Phi) is 6.70. The van der Waals surface area contributed by atoms with Crippen molar-refractivity contribution in [2.24, 2.45) is 0 Å². The number of nitrogens with zero attached hydrogens (tertiary/aromatic N) is 3. The van der Waals surface area contributed by atoms with Gasteiger partial charge in [0.25, 0.3) is 5.89 Å². The maximum absolute atomic E-state index is 5.87. The summed E-state index contributed by atoms with van der Waals surface area (Å²) in [4.78, 5) is 8.05. The van der Waals surface area contributed by atoms with Crippen LogP contribution in [0.4, 0.5) is 5.69 Å². The summed E-state index contributed by atoms with van der Waals surface area (Å²) in [7, 11) is 0. The van der Waals surface area contributed by atoms with E-state index in [1.807, 2.05) is 47.4 Å². The van der Waals surface area contributed by atoms with Gasteiger partial charge in [0.1, 0.15) is 0 Å². The molecule has 0 saturated carbocycles. The van der Waals surface area contributed by atoms with Crippen molar-refractivity contribution in [3.63, 3.8) is 0 Å². The lowest BCUT2D eigenvalue weighted by Crippen LogP contribution is -2.46. The molecule has 5 nitrogen and oxygen atoms in total. The number of rotatable bonds is 6. The van der Waals surface area contributed by atoms with Gasteiger partial charge >= 0.3 is 0 Å². The SMILES string of the molecule is CCc1ccc(-c2noc(C3=C(C)N(c4ccccc4)C(=S)NC3c3ccc(SC)cc3)n2)cc1. The van der Waals surface area contributed by atoms with Crippen molar-refractivity contribution < 1.29 is 4.52 Å². The molecule has 3 aromatic carbocycles. The molecule has 2 heterocycles. The maximum Gasteiger partial charge on any atom is 0.258 e. The lowest BCUT2D eigenvalue weighted by Gasteiger charge is -2.37. The molecule has 0 radical (unpaired) electrons. The molecule has 0 spiro atoms. The Morgan fingerprint density at radius 2 is 1.71 bits per heavy atom. The number of benzene rings is 3. The maximum atomic E-state index is 5.87. The molecule has 4 aromatic rings. The van der Waals surface area contributed by atoms with Gasteiger partial charge in [-0.3, -0.25) is 4.90 Å². The lowest BCUT2D eigenvalue weighted by atomic mass is 9.94.